The number of ketones is 1. The molecule has 0 unspecified atom stereocenters. The minimum atomic E-state index is -3.88. The van der Waals surface area contributed by atoms with Crippen molar-refractivity contribution in [1.29, 1.82) is 0 Å². The van der Waals surface area contributed by atoms with Crippen molar-refractivity contribution in [3.05, 3.63) is 95.8 Å². The summed E-state index contributed by atoms with van der Waals surface area (Å²) >= 11 is 2.83. The zero-order valence-corrected chi connectivity index (χ0v) is 38.4. The first-order valence-electron chi connectivity index (χ1n) is 19.2. The molecule has 60 heavy (non-hydrogen) atoms. The zero-order valence-electron chi connectivity index (χ0n) is 35.1. The summed E-state index contributed by atoms with van der Waals surface area (Å²) in [7, 11) is -2.38. The number of carbonyl (C=O) groups is 1. The molecule has 0 bridgehead atoms. The van der Waals surface area contributed by atoms with Gasteiger partial charge in [0.2, 0.25) is 15.7 Å². The highest BCUT2D eigenvalue weighted by Gasteiger charge is 2.44. The number of carbonyl (C=O) groups excluding carboxylic acids is 1. The third-order valence-corrected chi connectivity index (χ3v) is 14.1. The second-order valence-electron chi connectivity index (χ2n) is 16.1. The molecule has 2 aliphatic rings. The van der Waals surface area contributed by atoms with Gasteiger partial charge >= 0.3 is 0 Å². The molecule has 0 amide bonds. The summed E-state index contributed by atoms with van der Waals surface area (Å²) in [4.78, 5) is 15.6. The molecular formula is C41H55N3O12S4. The molecule has 0 saturated heterocycles. The fraction of sp³-hybridized carbons (Fsp3) is 0.463. The fourth-order valence-electron chi connectivity index (χ4n) is 7.15. The largest absolute Gasteiger partial charge is 0.691 e. The zero-order chi connectivity index (χ0) is 44.1. The second kappa shape index (κ2) is 22.5. The maximum Gasteiger partial charge on any atom is 0.242 e. The first-order chi connectivity index (χ1) is 28.4. The second-order valence-corrected chi connectivity index (χ2v) is 20.5. The molecule has 0 atom stereocenters. The number of allylic oxidation sites excluding steroid dienone is 8. The van der Waals surface area contributed by atoms with E-state index in [-0.39, 0.29) is 29.1 Å². The van der Waals surface area contributed by atoms with Crippen LogP contribution in [0.1, 0.15) is 78.9 Å². The van der Waals surface area contributed by atoms with Crippen LogP contribution in [0, 0.1) is 5.41 Å². The van der Waals surface area contributed by atoms with Gasteiger partial charge in [-0.1, -0.05) is 75.1 Å². The van der Waals surface area contributed by atoms with Crippen molar-refractivity contribution < 1.29 is 61.7 Å². The molecule has 0 fully saturated rings. The fourth-order valence-corrected chi connectivity index (χ4v) is 9.46. The topological polar surface area (TPSA) is 180 Å². The van der Waals surface area contributed by atoms with Crippen LogP contribution in [0.15, 0.2) is 94.4 Å². The summed E-state index contributed by atoms with van der Waals surface area (Å²) in [6.07, 6.45) is 15.3. The lowest BCUT2D eigenvalue weighted by Gasteiger charge is -2.27. The van der Waals surface area contributed by atoms with Gasteiger partial charge in [0.1, 0.15) is 12.3 Å². The van der Waals surface area contributed by atoms with Gasteiger partial charge in [0.25, 0.3) is 0 Å². The predicted molar refractivity (Wildman–Crippen MR) is 232 cm³/mol. The molecule has 0 aliphatic carbocycles. The molecule has 2 aromatic rings. The lowest BCUT2D eigenvalue weighted by Crippen LogP contribution is -2.31. The summed E-state index contributed by atoms with van der Waals surface area (Å²) in [5, 5.41) is 38.5. The van der Waals surface area contributed by atoms with Gasteiger partial charge in [0.15, 0.2) is 5.71 Å². The Balaban J connectivity index is 1.58. The normalized spacial score (nSPS) is 17.1. The predicted octanol–water partition coefficient (Wildman–Crippen LogP) is 8.19. The monoisotopic (exact) mass is 909 g/mol. The van der Waals surface area contributed by atoms with Gasteiger partial charge in [-0.05, 0) is 62.2 Å². The van der Waals surface area contributed by atoms with E-state index in [4.69, 9.17) is 10.5 Å². The van der Waals surface area contributed by atoms with Gasteiger partial charge in [0.05, 0.1) is 22.4 Å². The van der Waals surface area contributed by atoms with Crippen molar-refractivity contribution in [3.63, 3.8) is 0 Å². The van der Waals surface area contributed by atoms with E-state index in [0.29, 0.717) is 31.0 Å². The lowest BCUT2D eigenvalue weighted by molar-refractivity contribution is -0.777. The van der Waals surface area contributed by atoms with Crippen LogP contribution in [0.2, 0.25) is 0 Å². The third kappa shape index (κ3) is 12.4. The number of rotatable bonds is 24. The van der Waals surface area contributed by atoms with Crippen LogP contribution in [0.3, 0.4) is 0 Å². The van der Waals surface area contributed by atoms with Crippen molar-refractivity contribution in [2.45, 2.75) is 88.3 Å². The van der Waals surface area contributed by atoms with E-state index < -0.39 is 20.9 Å². The lowest BCUT2D eigenvalue weighted by atomic mass is 9.81. The Hall–Kier alpha value is -2.86. The Morgan fingerprint density at radius 2 is 1.58 bits per heavy atom. The van der Waals surface area contributed by atoms with Crippen LogP contribution in [0.25, 0.3) is 0 Å². The molecule has 2 aromatic carbocycles. The number of benzene rings is 2. The number of anilines is 1. The standard InChI is InChI=1S/C41H55N3O12S4/c1-39(2,3)38(45)22-25-42(8)60(49,50)31-19-21-35-33(29-31)41(6,7)37(44(35)24-15-27-58-55-52-47)17-13-11-9-10-12-16-36-40(4,5)32-28-30(59-56-53-48)18-20-34(32)43(36)23-14-26-57-54-51-46/h9-13,16-21,28-29H,14-15,22-27H2,1-8H3,(H2-,46,47,48). The molecule has 4 rings (SSSR count). The first-order valence-corrected chi connectivity index (χ1v) is 23.2. The summed E-state index contributed by atoms with van der Waals surface area (Å²) in [6.45, 7) is 15.2. The van der Waals surface area contributed by atoms with Crippen LogP contribution in [-0.4, -0.2) is 77.5 Å². The van der Waals surface area contributed by atoms with Gasteiger partial charge in [0, 0.05) is 113 Å². The Morgan fingerprint density at radius 1 is 0.900 bits per heavy atom. The average molecular weight is 910 g/mol. The molecule has 0 saturated carbocycles. The van der Waals surface area contributed by atoms with Gasteiger partial charge in [-0.3, -0.25) is 9.83 Å². The van der Waals surface area contributed by atoms with Crippen molar-refractivity contribution in [1.82, 2.24) is 4.31 Å². The van der Waals surface area contributed by atoms with Crippen molar-refractivity contribution in [3.8, 4) is 0 Å². The Morgan fingerprint density at radius 3 is 2.28 bits per heavy atom. The molecule has 0 aromatic heterocycles. The number of nitrogens with zero attached hydrogens (tertiary/aromatic N) is 3. The number of hydrogen-bond donors (Lipinski definition) is 2. The average Bonchev–Trinajstić information content (AvgIpc) is 3.55. The molecule has 0 radical (unpaired) electrons. The van der Waals surface area contributed by atoms with Gasteiger partial charge in [-0.15, -0.1) is 8.67 Å². The number of sulfonamides is 1. The van der Waals surface area contributed by atoms with Crippen molar-refractivity contribution in [2.75, 3.05) is 43.1 Å². The van der Waals surface area contributed by atoms with Crippen LogP contribution in [0.5, 0.6) is 0 Å². The first kappa shape index (κ1) is 49.8. The van der Waals surface area contributed by atoms with Gasteiger partial charge in [-0.2, -0.15) is 8.91 Å². The van der Waals surface area contributed by atoms with Crippen LogP contribution >= 0.6 is 36.1 Å². The number of Topliss-reactive ketones (excluding diaryl/α,β-unsaturated/α-hetero) is 1. The minimum absolute atomic E-state index is 0.00951. The summed E-state index contributed by atoms with van der Waals surface area (Å²) in [6, 6.07) is 11.1. The van der Waals surface area contributed by atoms with E-state index in [2.05, 4.69) is 71.4 Å². The summed E-state index contributed by atoms with van der Waals surface area (Å²) in [5.41, 5.74) is 4.35. The van der Waals surface area contributed by atoms with Gasteiger partial charge in [-0.25, -0.2) is 23.2 Å². The van der Waals surface area contributed by atoms with E-state index in [1.807, 2.05) is 81.5 Å². The van der Waals surface area contributed by atoms with Crippen LogP contribution in [-0.2, 0) is 53.8 Å². The molecule has 2 N–H and O–H groups in total. The van der Waals surface area contributed by atoms with Gasteiger partial charge < -0.3 is 10.2 Å². The van der Waals surface area contributed by atoms with E-state index in [0.717, 1.165) is 81.4 Å². The Kier molecular flexibility index (Phi) is 18.7. The highest BCUT2D eigenvalue weighted by molar-refractivity contribution is 7.95. The SMILES string of the molecule is CN(CCC(=O)C(C)(C)C)S(=O)(=O)c1ccc2c(c1)C(C)(C)C(=CC=CC=CC=CC1=[N+](CCCSOOO)c3ccc(SOOO)cc3C1(C)C)N2CCCSOO[O-]. The Labute approximate surface area is 365 Å². The van der Waals surface area contributed by atoms with Crippen molar-refractivity contribution >= 4 is 69.0 Å². The third-order valence-electron chi connectivity index (χ3n) is 10.4. The highest BCUT2D eigenvalue weighted by Crippen LogP contribution is 2.49. The van der Waals surface area contributed by atoms with Crippen molar-refractivity contribution in [2.24, 2.45) is 5.41 Å². The minimum Gasteiger partial charge on any atom is -0.691 e. The molecule has 2 heterocycles. The van der Waals surface area contributed by atoms with Crippen LogP contribution < -0.4 is 10.2 Å². The Bertz CT molecular complexity index is 2060. The summed E-state index contributed by atoms with van der Waals surface area (Å²) < 4.78 is 44.6. The molecule has 330 valence electrons. The van der Waals surface area contributed by atoms with Crippen LogP contribution in [0.4, 0.5) is 11.4 Å². The molecule has 0 spiro atoms. The molecule has 19 heteroatoms. The van der Waals surface area contributed by atoms with E-state index in [1.165, 1.54) is 11.4 Å². The van der Waals surface area contributed by atoms with E-state index in [9.17, 15) is 18.5 Å². The van der Waals surface area contributed by atoms with E-state index in [1.54, 1.807) is 12.1 Å². The quantitative estimate of drug-likeness (QED) is 0.0257. The molecule has 15 nitrogen and oxygen atoms in total. The number of hydrogen-bond acceptors (Lipinski definition) is 16. The molecule has 2 aliphatic heterocycles. The van der Waals surface area contributed by atoms with E-state index >= 15 is 0 Å². The maximum atomic E-state index is 13.7. The molecular weight excluding hydrogens is 855 g/mol. The number of fused-ring (bicyclic) bond motifs is 2. The highest BCUT2D eigenvalue weighted by atomic mass is 32.2. The maximum absolute atomic E-state index is 13.7. The summed E-state index contributed by atoms with van der Waals surface area (Å²) in [5.74, 6) is 1.07. The smallest absolute Gasteiger partial charge is 0.242 e.